The van der Waals surface area contributed by atoms with Crippen molar-refractivity contribution in [2.24, 2.45) is 11.8 Å². The Kier molecular flexibility index (Phi) is 10.8. The third-order valence-corrected chi connectivity index (χ3v) is 3.75. The van der Waals surface area contributed by atoms with Crippen molar-refractivity contribution < 1.29 is 0 Å². The minimum atomic E-state index is 0.675. The van der Waals surface area contributed by atoms with E-state index in [1.165, 1.54) is 11.1 Å². The fourth-order valence-corrected chi connectivity index (χ4v) is 2.10. The fraction of sp³-hybridized carbons (Fsp3) is 0.280. The van der Waals surface area contributed by atoms with Crippen LogP contribution >= 0.6 is 0 Å². The second-order valence-corrected chi connectivity index (χ2v) is 6.50. The van der Waals surface area contributed by atoms with Gasteiger partial charge < -0.3 is 0 Å². The first-order chi connectivity index (χ1) is 12.1. The standard InChI is InChI=1S/C7H10.C7H8.C6H8.C5H6/c2*1-7-5-3-2-4-6-7;1-6-4-2-3-5-6;1-5-3-2-4-5/h3-7H,2H2,1H3;2-6H,1H3;2-6H,1H3;2-4H,1H3. The molecular formula is C25H32. The van der Waals surface area contributed by atoms with E-state index in [1.54, 1.807) is 0 Å². The molecule has 3 aliphatic rings. The van der Waals surface area contributed by atoms with Gasteiger partial charge in [0.2, 0.25) is 0 Å². The van der Waals surface area contributed by atoms with Crippen LogP contribution in [-0.2, 0) is 0 Å². The van der Waals surface area contributed by atoms with E-state index in [4.69, 9.17) is 0 Å². The molecule has 0 N–H and O–H groups in total. The van der Waals surface area contributed by atoms with Crippen molar-refractivity contribution in [2.75, 3.05) is 0 Å². The van der Waals surface area contributed by atoms with E-state index in [1.807, 2.05) is 24.3 Å². The Bertz CT molecular complexity index is 612. The van der Waals surface area contributed by atoms with Crippen LogP contribution in [0.3, 0.4) is 0 Å². The Hall–Kier alpha value is -2.34. The first-order valence-electron chi connectivity index (χ1n) is 9.13. The van der Waals surface area contributed by atoms with Crippen molar-refractivity contribution in [1.82, 2.24) is 0 Å². The first kappa shape index (κ1) is 20.7. The maximum Gasteiger partial charge on any atom is -0.00756 e. The third-order valence-electron chi connectivity index (χ3n) is 3.75. The molecule has 0 bridgehead atoms. The van der Waals surface area contributed by atoms with Crippen molar-refractivity contribution >= 4 is 0 Å². The molecule has 1 aromatic rings. The monoisotopic (exact) mass is 332 g/mol. The second kappa shape index (κ2) is 13.0. The molecule has 0 atom stereocenters. The van der Waals surface area contributed by atoms with Crippen LogP contribution in [0.4, 0.5) is 0 Å². The molecule has 0 amide bonds. The zero-order valence-corrected chi connectivity index (χ0v) is 16.1. The summed E-state index contributed by atoms with van der Waals surface area (Å²) in [5, 5.41) is 0. The minimum absolute atomic E-state index is 0.675. The lowest BCUT2D eigenvalue weighted by Gasteiger charge is -1.99. The summed E-state index contributed by atoms with van der Waals surface area (Å²) in [4.78, 5) is 0. The van der Waals surface area contributed by atoms with Crippen LogP contribution in [0.25, 0.3) is 0 Å². The molecular weight excluding hydrogens is 300 g/mol. The van der Waals surface area contributed by atoms with Crippen LogP contribution in [0.5, 0.6) is 0 Å². The highest BCUT2D eigenvalue weighted by Gasteiger charge is 1.90. The molecule has 3 aliphatic carbocycles. The Balaban J connectivity index is 0.000000168. The molecule has 25 heavy (non-hydrogen) atoms. The van der Waals surface area contributed by atoms with Gasteiger partial charge in [0.1, 0.15) is 0 Å². The summed E-state index contributed by atoms with van der Waals surface area (Å²) < 4.78 is 0. The normalized spacial score (nSPS) is 16.6. The second-order valence-electron chi connectivity index (χ2n) is 6.50. The van der Waals surface area contributed by atoms with E-state index in [9.17, 15) is 0 Å². The van der Waals surface area contributed by atoms with Gasteiger partial charge in [-0.05, 0) is 32.1 Å². The Morgan fingerprint density at radius 2 is 1.20 bits per heavy atom. The zero-order valence-electron chi connectivity index (χ0n) is 16.1. The summed E-state index contributed by atoms with van der Waals surface area (Å²) in [7, 11) is 0. The molecule has 0 heteroatoms. The highest BCUT2D eigenvalue weighted by atomic mass is 14.0. The van der Waals surface area contributed by atoms with Crippen LogP contribution in [0.1, 0.15) is 32.8 Å². The van der Waals surface area contributed by atoms with Crippen molar-refractivity contribution in [2.45, 2.75) is 34.1 Å². The van der Waals surface area contributed by atoms with Gasteiger partial charge in [0.05, 0.1) is 0 Å². The molecule has 132 valence electrons. The number of aryl methyl sites for hydroxylation is 1. The van der Waals surface area contributed by atoms with Crippen molar-refractivity contribution in [1.29, 1.82) is 0 Å². The highest BCUT2D eigenvalue weighted by molar-refractivity contribution is 5.32. The van der Waals surface area contributed by atoms with Gasteiger partial charge in [-0.3, -0.25) is 0 Å². The van der Waals surface area contributed by atoms with Gasteiger partial charge in [-0.15, -0.1) is 0 Å². The summed E-state index contributed by atoms with van der Waals surface area (Å²) in [6.45, 7) is 8.52. The molecule has 0 aromatic heterocycles. The van der Waals surface area contributed by atoms with Crippen LogP contribution in [-0.4, -0.2) is 0 Å². The largest absolute Gasteiger partial charge is 0.0842 e. The molecule has 0 heterocycles. The van der Waals surface area contributed by atoms with Gasteiger partial charge >= 0.3 is 0 Å². The maximum atomic E-state index is 2.22. The van der Waals surface area contributed by atoms with E-state index < -0.39 is 0 Å². The molecule has 4 rings (SSSR count). The Morgan fingerprint density at radius 1 is 0.720 bits per heavy atom. The van der Waals surface area contributed by atoms with Crippen molar-refractivity contribution in [3.63, 3.8) is 0 Å². The topological polar surface area (TPSA) is 0 Å². The molecule has 0 fully saturated rings. The summed E-state index contributed by atoms with van der Waals surface area (Å²) in [6.07, 6.45) is 24.7. The van der Waals surface area contributed by atoms with E-state index >= 15 is 0 Å². The molecule has 0 unspecified atom stereocenters. The molecule has 0 spiro atoms. The van der Waals surface area contributed by atoms with Crippen molar-refractivity contribution in [3.05, 3.63) is 108 Å². The summed E-state index contributed by atoms with van der Waals surface area (Å²) in [5.74, 6) is 1.36. The fourth-order valence-electron chi connectivity index (χ4n) is 2.10. The van der Waals surface area contributed by atoms with Gasteiger partial charge in [0, 0.05) is 0 Å². The van der Waals surface area contributed by atoms with Crippen LogP contribution < -0.4 is 0 Å². The molecule has 0 nitrogen and oxygen atoms in total. The highest BCUT2D eigenvalue weighted by Crippen LogP contribution is 2.06. The molecule has 0 saturated carbocycles. The predicted molar refractivity (Wildman–Crippen MR) is 114 cm³/mol. The van der Waals surface area contributed by atoms with Gasteiger partial charge in [-0.1, -0.05) is 122 Å². The third kappa shape index (κ3) is 11.8. The minimum Gasteiger partial charge on any atom is -0.0842 e. The zero-order chi connectivity index (χ0) is 18.3. The van der Waals surface area contributed by atoms with Crippen LogP contribution in [0.2, 0.25) is 0 Å². The SMILES string of the molecule is CC1=CC=C1.CC1C=CC=C1.CC1C=CCC=C1.Cc1ccccc1. The predicted octanol–water partition coefficient (Wildman–Crippen LogP) is 7.38. The van der Waals surface area contributed by atoms with Crippen LogP contribution in [0, 0.1) is 18.8 Å². The molecule has 0 saturated heterocycles. The van der Waals surface area contributed by atoms with Gasteiger partial charge in [0.15, 0.2) is 0 Å². The number of hydrogen-bond donors (Lipinski definition) is 0. The molecule has 1 aromatic carbocycles. The summed E-state index contributed by atoms with van der Waals surface area (Å²) in [6, 6.07) is 10.3. The smallest absolute Gasteiger partial charge is 0.00756 e. The van der Waals surface area contributed by atoms with E-state index in [2.05, 4.69) is 101 Å². The lowest BCUT2D eigenvalue weighted by Crippen LogP contribution is -1.84. The molecule has 0 aliphatic heterocycles. The van der Waals surface area contributed by atoms with E-state index in [0.29, 0.717) is 11.8 Å². The number of allylic oxidation sites excluding steroid dienone is 12. The number of hydrogen-bond acceptors (Lipinski definition) is 0. The average Bonchev–Trinajstić information content (AvgIpc) is 3.07. The summed E-state index contributed by atoms with van der Waals surface area (Å²) in [5.41, 5.74) is 2.70. The van der Waals surface area contributed by atoms with Gasteiger partial charge in [-0.2, -0.15) is 0 Å². The lowest BCUT2D eigenvalue weighted by molar-refractivity contribution is 0.911. The maximum absolute atomic E-state index is 2.22. The van der Waals surface area contributed by atoms with Gasteiger partial charge in [-0.25, -0.2) is 0 Å². The first-order valence-corrected chi connectivity index (χ1v) is 9.13. The van der Waals surface area contributed by atoms with E-state index in [-0.39, 0.29) is 0 Å². The Morgan fingerprint density at radius 3 is 1.40 bits per heavy atom. The van der Waals surface area contributed by atoms with E-state index in [0.717, 1.165) is 6.42 Å². The van der Waals surface area contributed by atoms with Crippen LogP contribution in [0.15, 0.2) is 103 Å². The molecule has 0 radical (unpaired) electrons. The average molecular weight is 333 g/mol. The quantitative estimate of drug-likeness (QED) is 0.435. The number of rotatable bonds is 0. The summed E-state index contributed by atoms with van der Waals surface area (Å²) >= 11 is 0. The van der Waals surface area contributed by atoms with Gasteiger partial charge in [0.25, 0.3) is 0 Å². The lowest BCUT2D eigenvalue weighted by atomic mass is 10.1. The Labute approximate surface area is 154 Å². The van der Waals surface area contributed by atoms with Crippen molar-refractivity contribution in [3.8, 4) is 0 Å². The number of benzene rings is 1.